The lowest BCUT2D eigenvalue weighted by molar-refractivity contribution is -0.127. The Balaban J connectivity index is 1.48. The molecule has 0 radical (unpaired) electrons. The van der Waals surface area contributed by atoms with Gasteiger partial charge >= 0.3 is 0 Å². The number of amides is 2. The highest BCUT2D eigenvalue weighted by atomic mass is 16.2. The molecule has 7 heteroatoms. The molecule has 0 saturated carbocycles. The molecule has 0 bridgehead atoms. The van der Waals surface area contributed by atoms with Gasteiger partial charge in [0.25, 0.3) is 5.91 Å². The number of carbonyl (C=O) groups excluding carboxylic acids is 2. The molecule has 0 unspecified atom stereocenters. The molecular formula is C16H21N5O2. The lowest BCUT2D eigenvalue weighted by Crippen LogP contribution is -2.30. The number of aromatic nitrogens is 3. The number of nitrogens with zero attached hydrogens (tertiary/aromatic N) is 3. The van der Waals surface area contributed by atoms with Crippen LogP contribution in [-0.4, -0.2) is 51.1 Å². The first kappa shape index (κ1) is 15.3. The Labute approximate surface area is 134 Å². The van der Waals surface area contributed by atoms with Gasteiger partial charge in [-0.05, 0) is 31.0 Å². The molecule has 0 aliphatic carbocycles. The predicted octanol–water partition coefficient (Wildman–Crippen LogP) is 1.16. The lowest BCUT2D eigenvalue weighted by atomic mass is 10.2. The fourth-order valence-corrected chi connectivity index (χ4v) is 2.80. The summed E-state index contributed by atoms with van der Waals surface area (Å²) in [6.45, 7) is 2.09. The molecule has 3 heterocycles. The van der Waals surface area contributed by atoms with Crippen molar-refractivity contribution in [3.63, 3.8) is 0 Å². The summed E-state index contributed by atoms with van der Waals surface area (Å²) in [4.78, 5) is 25.5. The molecule has 0 spiro atoms. The summed E-state index contributed by atoms with van der Waals surface area (Å²) in [5.41, 5.74) is 2.14. The van der Waals surface area contributed by atoms with E-state index < -0.39 is 0 Å². The number of nitrogens with one attached hydrogen (secondary N) is 2. The average Bonchev–Trinajstić information content (AvgIpc) is 3.24. The van der Waals surface area contributed by atoms with Crippen LogP contribution in [0.15, 0.2) is 24.4 Å². The molecule has 1 saturated heterocycles. The minimum Gasteiger partial charge on any atom is -0.351 e. The van der Waals surface area contributed by atoms with Crippen molar-refractivity contribution in [1.82, 2.24) is 25.0 Å². The molecule has 3 rings (SSSR count). The van der Waals surface area contributed by atoms with Crippen LogP contribution in [0.25, 0.3) is 11.4 Å². The van der Waals surface area contributed by atoms with Crippen LogP contribution in [0.1, 0.15) is 29.8 Å². The van der Waals surface area contributed by atoms with Crippen LogP contribution in [0.5, 0.6) is 0 Å². The molecule has 122 valence electrons. The number of H-pyrrole nitrogens is 1. The Morgan fingerprint density at radius 2 is 2.35 bits per heavy atom. The van der Waals surface area contributed by atoms with Gasteiger partial charge in [-0.25, -0.2) is 0 Å². The second kappa shape index (κ2) is 6.68. The largest absolute Gasteiger partial charge is 0.351 e. The molecule has 1 aliphatic heterocycles. The molecule has 1 fully saturated rings. The first-order valence-electron chi connectivity index (χ1n) is 7.88. The Kier molecular flexibility index (Phi) is 4.45. The van der Waals surface area contributed by atoms with Gasteiger partial charge in [-0.2, -0.15) is 5.10 Å². The number of aromatic amines is 1. The van der Waals surface area contributed by atoms with E-state index in [4.69, 9.17) is 0 Å². The Morgan fingerprint density at radius 3 is 3.04 bits per heavy atom. The van der Waals surface area contributed by atoms with Crippen molar-refractivity contribution < 1.29 is 9.59 Å². The smallest absolute Gasteiger partial charge is 0.269 e. The van der Waals surface area contributed by atoms with Crippen molar-refractivity contribution >= 4 is 11.8 Å². The first-order chi connectivity index (χ1) is 11.1. The molecule has 1 aliphatic rings. The second-order valence-corrected chi connectivity index (χ2v) is 5.76. The average molecular weight is 315 g/mol. The van der Waals surface area contributed by atoms with Gasteiger partial charge in [0.05, 0.1) is 5.69 Å². The number of rotatable bonds is 6. The van der Waals surface area contributed by atoms with E-state index in [1.165, 1.54) is 0 Å². The van der Waals surface area contributed by atoms with Crippen molar-refractivity contribution in [2.45, 2.75) is 19.3 Å². The van der Waals surface area contributed by atoms with Gasteiger partial charge < -0.3 is 14.8 Å². The highest BCUT2D eigenvalue weighted by Gasteiger charge is 2.19. The normalized spacial score (nSPS) is 14.5. The van der Waals surface area contributed by atoms with Crippen molar-refractivity contribution in [1.29, 1.82) is 0 Å². The quantitative estimate of drug-likeness (QED) is 0.785. The summed E-state index contributed by atoms with van der Waals surface area (Å²) in [6.07, 6.45) is 4.30. The third kappa shape index (κ3) is 3.44. The predicted molar refractivity (Wildman–Crippen MR) is 85.8 cm³/mol. The molecule has 23 heavy (non-hydrogen) atoms. The minimum atomic E-state index is -0.175. The zero-order valence-corrected chi connectivity index (χ0v) is 13.2. The maximum atomic E-state index is 12.1. The SMILES string of the molecule is Cn1cccc1-c1cc(C(=O)NCCCN2CCCC2=O)[nH]n1. The zero-order valence-electron chi connectivity index (χ0n) is 13.2. The number of hydrogen-bond donors (Lipinski definition) is 2. The zero-order chi connectivity index (χ0) is 16.2. The van der Waals surface area contributed by atoms with E-state index in [1.54, 1.807) is 6.07 Å². The van der Waals surface area contributed by atoms with Gasteiger partial charge in [-0.3, -0.25) is 14.7 Å². The van der Waals surface area contributed by atoms with Crippen LogP contribution >= 0.6 is 0 Å². The molecular weight excluding hydrogens is 294 g/mol. The van der Waals surface area contributed by atoms with Crippen molar-refractivity contribution in [2.75, 3.05) is 19.6 Å². The van der Waals surface area contributed by atoms with Crippen LogP contribution in [0.4, 0.5) is 0 Å². The summed E-state index contributed by atoms with van der Waals surface area (Å²) in [5, 5.41) is 9.81. The molecule has 2 aromatic rings. The maximum Gasteiger partial charge on any atom is 0.269 e. The Morgan fingerprint density at radius 1 is 1.48 bits per heavy atom. The van der Waals surface area contributed by atoms with Gasteiger partial charge in [0, 0.05) is 39.3 Å². The van der Waals surface area contributed by atoms with Gasteiger partial charge in [0.15, 0.2) is 0 Å². The van der Waals surface area contributed by atoms with Gasteiger partial charge in [0.1, 0.15) is 11.4 Å². The van der Waals surface area contributed by atoms with E-state index in [-0.39, 0.29) is 11.8 Å². The monoisotopic (exact) mass is 315 g/mol. The van der Waals surface area contributed by atoms with Crippen molar-refractivity contribution in [3.05, 3.63) is 30.1 Å². The van der Waals surface area contributed by atoms with E-state index in [9.17, 15) is 9.59 Å². The minimum absolute atomic E-state index is 0.175. The molecule has 0 aromatic carbocycles. The number of carbonyl (C=O) groups is 2. The highest BCUT2D eigenvalue weighted by Crippen LogP contribution is 2.17. The van der Waals surface area contributed by atoms with Gasteiger partial charge in [-0.1, -0.05) is 0 Å². The van der Waals surface area contributed by atoms with E-state index in [0.29, 0.717) is 25.2 Å². The summed E-state index contributed by atoms with van der Waals surface area (Å²) in [5.74, 6) is 0.0443. The highest BCUT2D eigenvalue weighted by molar-refractivity contribution is 5.93. The number of hydrogen-bond acceptors (Lipinski definition) is 3. The Hall–Kier alpha value is -2.57. The number of aryl methyl sites for hydroxylation is 1. The standard InChI is InChI=1S/C16H21N5O2/c1-20-8-2-5-14(20)12-11-13(19-18-12)16(23)17-7-4-10-21-9-3-6-15(21)22/h2,5,8,11H,3-4,6-7,9-10H2,1H3,(H,17,23)(H,18,19). The van der Waals surface area contributed by atoms with E-state index in [0.717, 1.165) is 30.8 Å². The first-order valence-corrected chi connectivity index (χ1v) is 7.88. The second-order valence-electron chi connectivity index (χ2n) is 5.76. The van der Waals surface area contributed by atoms with E-state index in [2.05, 4.69) is 15.5 Å². The maximum absolute atomic E-state index is 12.1. The summed E-state index contributed by atoms with van der Waals surface area (Å²) in [7, 11) is 1.93. The fourth-order valence-electron chi connectivity index (χ4n) is 2.80. The fraction of sp³-hybridized carbons (Fsp3) is 0.438. The molecule has 2 aromatic heterocycles. The Bertz CT molecular complexity index is 703. The molecule has 2 N–H and O–H groups in total. The van der Waals surface area contributed by atoms with E-state index in [1.807, 2.05) is 34.8 Å². The van der Waals surface area contributed by atoms with Crippen molar-refractivity contribution in [2.24, 2.45) is 7.05 Å². The van der Waals surface area contributed by atoms with E-state index >= 15 is 0 Å². The molecule has 7 nitrogen and oxygen atoms in total. The summed E-state index contributed by atoms with van der Waals surface area (Å²) >= 11 is 0. The lowest BCUT2D eigenvalue weighted by Gasteiger charge is -2.15. The third-order valence-electron chi connectivity index (χ3n) is 4.09. The third-order valence-corrected chi connectivity index (χ3v) is 4.09. The van der Waals surface area contributed by atoms with Crippen LogP contribution < -0.4 is 5.32 Å². The molecule has 0 atom stereocenters. The van der Waals surface area contributed by atoms with Crippen molar-refractivity contribution in [3.8, 4) is 11.4 Å². The summed E-state index contributed by atoms with van der Waals surface area (Å²) < 4.78 is 1.95. The van der Waals surface area contributed by atoms with Gasteiger partial charge in [-0.15, -0.1) is 0 Å². The van der Waals surface area contributed by atoms with Crippen LogP contribution in [0.3, 0.4) is 0 Å². The number of likely N-dealkylation sites (tertiary alicyclic amines) is 1. The van der Waals surface area contributed by atoms with Gasteiger partial charge in [0.2, 0.25) is 5.91 Å². The van der Waals surface area contributed by atoms with Crippen LogP contribution in [0, 0.1) is 0 Å². The van der Waals surface area contributed by atoms with Crippen LogP contribution in [-0.2, 0) is 11.8 Å². The summed E-state index contributed by atoms with van der Waals surface area (Å²) in [6, 6.07) is 5.63. The topological polar surface area (TPSA) is 83.0 Å². The van der Waals surface area contributed by atoms with Crippen LogP contribution in [0.2, 0.25) is 0 Å². The molecule has 2 amide bonds.